The second-order valence-corrected chi connectivity index (χ2v) is 4.76. The van der Waals surface area contributed by atoms with Crippen molar-refractivity contribution in [3.63, 3.8) is 0 Å². The van der Waals surface area contributed by atoms with E-state index in [9.17, 15) is 0 Å². The van der Waals surface area contributed by atoms with Crippen molar-refractivity contribution in [1.82, 2.24) is 14.6 Å². The van der Waals surface area contributed by atoms with Gasteiger partial charge in [0.1, 0.15) is 5.75 Å². The fourth-order valence-corrected chi connectivity index (χ4v) is 2.11. The zero-order valence-corrected chi connectivity index (χ0v) is 11.4. The van der Waals surface area contributed by atoms with Crippen LogP contribution in [0.1, 0.15) is 5.82 Å². The van der Waals surface area contributed by atoms with E-state index in [2.05, 4.69) is 10.1 Å². The van der Waals surface area contributed by atoms with Crippen LogP contribution in [-0.2, 0) is 6.42 Å². The van der Waals surface area contributed by atoms with Gasteiger partial charge in [0.15, 0.2) is 11.5 Å². The maximum absolute atomic E-state index is 5.92. The lowest BCUT2D eigenvalue weighted by atomic mass is 10.3. The molecule has 2 N–H and O–H groups in total. The van der Waals surface area contributed by atoms with E-state index in [1.54, 1.807) is 16.8 Å². The molecule has 1 aromatic carbocycles. The van der Waals surface area contributed by atoms with Gasteiger partial charge in [-0.25, -0.2) is 9.50 Å². The zero-order valence-electron chi connectivity index (χ0n) is 10.7. The van der Waals surface area contributed by atoms with Crippen molar-refractivity contribution >= 4 is 22.9 Å². The van der Waals surface area contributed by atoms with Crippen LogP contribution in [0, 0.1) is 0 Å². The Bertz CT molecular complexity index is 727. The van der Waals surface area contributed by atoms with Gasteiger partial charge in [-0.05, 0) is 18.2 Å². The summed E-state index contributed by atoms with van der Waals surface area (Å²) >= 11 is 5.92. The van der Waals surface area contributed by atoms with E-state index in [-0.39, 0.29) is 0 Å². The van der Waals surface area contributed by atoms with E-state index < -0.39 is 0 Å². The molecule has 0 atom stereocenters. The fraction of sp³-hybridized carbons (Fsp3) is 0.143. The van der Waals surface area contributed by atoms with E-state index in [1.807, 2.05) is 30.3 Å². The second kappa shape index (κ2) is 5.38. The number of halogens is 1. The van der Waals surface area contributed by atoms with Crippen LogP contribution in [0.25, 0.3) is 5.65 Å². The Morgan fingerprint density at radius 2 is 2.05 bits per heavy atom. The normalized spacial score (nSPS) is 10.8. The Morgan fingerprint density at radius 3 is 2.85 bits per heavy atom. The summed E-state index contributed by atoms with van der Waals surface area (Å²) in [5.41, 5.74) is 6.98. The van der Waals surface area contributed by atoms with Gasteiger partial charge in [-0.3, -0.25) is 0 Å². The van der Waals surface area contributed by atoms with Crippen LogP contribution in [0.4, 0.5) is 5.69 Å². The van der Waals surface area contributed by atoms with Crippen LogP contribution >= 0.6 is 11.6 Å². The summed E-state index contributed by atoms with van der Waals surface area (Å²) in [6, 6.07) is 11.3. The summed E-state index contributed by atoms with van der Waals surface area (Å²) in [4.78, 5) is 4.37. The number of aromatic nitrogens is 3. The Balaban J connectivity index is 1.70. The Morgan fingerprint density at radius 1 is 1.25 bits per heavy atom. The van der Waals surface area contributed by atoms with Gasteiger partial charge >= 0.3 is 0 Å². The van der Waals surface area contributed by atoms with Gasteiger partial charge < -0.3 is 10.5 Å². The number of anilines is 1. The van der Waals surface area contributed by atoms with Crippen LogP contribution in [0.5, 0.6) is 5.75 Å². The third-order valence-corrected chi connectivity index (χ3v) is 3.02. The molecule has 102 valence electrons. The number of hydrogen-bond acceptors (Lipinski definition) is 4. The molecule has 20 heavy (non-hydrogen) atoms. The first-order valence-corrected chi connectivity index (χ1v) is 6.58. The molecule has 5 nitrogen and oxygen atoms in total. The lowest BCUT2D eigenvalue weighted by Crippen LogP contribution is -2.02. The van der Waals surface area contributed by atoms with Crippen molar-refractivity contribution in [1.29, 1.82) is 0 Å². The number of hydrogen-bond donors (Lipinski definition) is 1. The molecule has 0 fully saturated rings. The molecule has 2 heterocycles. The predicted molar refractivity (Wildman–Crippen MR) is 78.1 cm³/mol. The maximum atomic E-state index is 5.92. The molecule has 0 radical (unpaired) electrons. The number of rotatable bonds is 4. The predicted octanol–water partition coefficient (Wildman–Crippen LogP) is 2.59. The van der Waals surface area contributed by atoms with E-state index in [0.29, 0.717) is 35.2 Å². The minimum absolute atomic E-state index is 0.508. The molecule has 2 aromatic heterocycles. The molecule has 0 bridgehead atoms. The van der Waals surface area contributed by atoms with Gasteiger partial charge in [0.25, 0.3) is 0 Å². The summed E-state index contributed by atoms with van der Waals surface area (Å²) < 4.78 is 7.21. The third-order valence-electron chi connectivity index (χ3n) is 2.81. The molecule has 0 aliphatic rings. The monoisotopic (exact) mass is 288 g/mol. The summed E-state index contributed by atoms with van der Waals surface area (Å²) in [6.07, 6.45) is 2.29. The average Bonchev–Trinajstić information content (AvgIpc) is 2.83. The molecule has 0 saturated heterocycles. The largest absolute Gasteiger partial charge is 0.493 e. The highest BCUT2D eigenvalue weighted by atomic mass is 35.5. The van der Waals surface area contributed by atoms with Gasteiger partial charge in [-0.1, -0.05) is 29.8 Å². The van der Waals surface area contributed by atoms with E-state index >= 15 is 0 Å². The van der Waals surface area contributed by atoms with Gasteiger partial charge in [-0.2, -0.15) is 5.10 Å². The van der Waals surface area contributed by atoms with Crippen LogP contribution in [0.15, 0.2) is 42.6 Å². The van der Waals surface area contributed by atoms with Crippen molar-refractivity contribution in [2.75, 3.05) is 12.3 Å². The average molecular weight is 289 g/mol. The second-order valence-electron chi connectivity index (χ2n) is 4.32. The molecule has 0 saturated carbocycles. The third kappa shape index (κ3) is 2.67. The van der Waals surface area contributed by atoms with Gasteiger partial charge in [0, 0.05) is 12.6 Å². The Hall–Kier alpha value is -2.27. The molecule has 3 rings (SSSR count). The van der Waals surface area contributed by atoms with Gasteiger partial charge in [-0.15, -0.1) is 0 Å². The van der Waals surface area contributed by atoms with Gasteiger partial charge in [0.2, 0.25) is 0 Å². The molecule has 3 aromatic rings. The molecule has 0 unspecified atom stereocenters. The highest BCUT2D eigenvalue weighted by molar-refractivity contribution is 6.30. The fourth-order valence-electron chi connectivity index (χ4n) is 1.90. The van der Waals surface area contributed by atoms with Gasteiger partial charge in [0.05, 0.1) is 17.3 Å². The molecular formula is C14H13ClN4O. The molecular weight excluding hydrogens is 276 g/mol. The number of benzene rings is 1. The quantitative estimate of drug-likeness (QED) is 0.801. The molecule has 0 aliphatic carbocycles. The number of nitrogen functional groups attached to an aromatic ring is 1. The molecule has 0 aliphatic heterocycles. The minimum Gasteiger partial charge on any atom is -0.493 e. The van der Waals surface area contributed by atoms with E-state index in [0.717, 1.165) is 5.75 Å². The number of para-hydroxylation sites is 1. The summed E-state index contributed by atoms with van der Waals surface area (Å²) in [6.45, 7) is 0.508. The summed E-state index contributed by atoms with van der Waals surface area (Å²) in [7, 11) is 0. The van der Waals surface area contributed by atoms with Crippen LogP contribution in [-0.4, -0.2) is 21.2 Å². The van der Waals surface area contributed by atoms with Crippen LogP contribution in [0.3, 0.4) is 0 Å². The first-order valence-electron chi connectivity index (χ1n) is 6.20. The first kappa shape index (κ1) is 12.7. The first-order chi connectivity index (χ1) is 9.72. The SMILES string of the molecule is Nc1cc(Cl)cn2nc(CCOc3ccccc3)nc12. The number of nitrogens with two attached hydrogens (primary N) is 1. The molecule has 6 heteroatoms. The van der Waals surface area contributed by atoms with Crippen molar-refractivity contribution < 1.29 is 4.74 Å². The van der Waals surface area contributed by atoms with E-state index in [4.69, 9.17) is 22.1 Å². The van der Waals surface area contributed by atoms with Crippen molar-refractivity contribution in [3.8, 4) is 5.75 Å². The lowest BCUT2D eigenvalue weighted by Gasteiger charge is -2.03. The Kier molecular flexibility index (Phi) is 3.43. The minimum atomic E-state index is 0.508. The van der Waals surface area contributed by atoms with Crippen LogP contribution < -0.4 is 10.5 Å². The topological polar surface area (TPSA) is 65.4 Å². The lowest BCUT2D eigenvalue weighted by molar-refractivity contribution is 0.319. The van der Waals surface area contributed by atoms with Crippen molar-refractivity contribution in [2.24, 2.45) is 0 Å². The van der Waals surface area contributed by atoms with Crippen LogP contribution in [0.2, 0.25) is 5.02 Å². The number of ether oxygens (including phenoxy) is 1. The maximum Gasteiger partial charge on any atom is 0.178 e. The number of pyridine rings is 1. The van der Waals surface area contributed by atoms with Crippen molar-refractivity contribution in [2.45, 2.75) is 6.42 Å². The molecule has 0 spiro atoms. The highest BCUT2D eigenvalue weighted by Crippen LogP contribution is 2.17. The number of fused-ring (bicyclic) bond motifs is 1. The standard InChI is InChI=1S/C14H13ClN4O/c15-10-8-12(16)14-17-13(18-19(14)9-10)6-7-20-11-4-2-1-3-5-11/h1-5,8-9H,6-7,16H2. The smallest absolute Gasteiger partial charge is 0.178 e. The summed E-state index contributed by atoms with van der Waals surface area (Å²) in [5, 5.41) is 4.86. The van der Waals surface area contributed by atoms with E-state index in [1.165, 1.54) is 0 Å². The number of nitrogens with zero attached hydrogens (tertiary/aromatic N) is 3. The Labute approximate surface area is 121 Å². The van der Waals surface area contributed by atoms with Crippen molar-refractivity contribution in [3.05, 3.63) is 53.4 Å². The molecule has 0 amide bonds. The summed E-state index contributed by atoms with van der Waals surface area (Å²) in [5.74, 6) is 1.51. The highest BCUT2D eigenvalue weighted by Gasteiger charge is 2.07. The zero-order chi connectivity index (χ0) is 13.9.